The van der Waals surface area contributed by atoms with Crippen LogP contribution >= 0.6 is 30.2 Å². The lowest BCUT2D eigenvalue weighted by Crippen LogP contribution is -2.45. The molecular formula is C33H47N12O24P4S+. The molecule has 5 aromatic heterocycles. The maximum atomic E-state index is 13.3. The van der Waals surface area contributed by atoms with Crippen molar-refractivity contribution in [3.8, 4) is 0 Å². The molecule has 13 N–H and O–H groups in total. The second-order valence-corrected chi connectivity index (χ2v) is 23.8. The van der Waals surface area contributed by atoms with E-state index in [0.29, 0.717) is 0 Å². The number of aryl methyl sites for hydroxylation is 1. The maximum Gasteiger partial charge on any atom is 0.490 e. The number of nitrogens with zero attached hydrogens (tertiary/aromatic N) is 8. The minimum absolute atomic E-state index is 0.0123. The summed E-state index contributed by atoms with van der Waals surface area (Å²) < 4.78 is 102. The second kappa shape index (κ2) is 21.7. The molecule has 0 aromatic carbocycles. The van der Waals surface area contributed by atoms with Gasteiger partial charge >= 0.3 is 41.5 Å². The van der Waals surface area contributed by atoms with Crippen LogP contribution in [0, 0.1) is 5.92 Å². The zero-order valence-corrected chi connectivity index (χ0v) is 42.5. The summed E-state index contributed by atoms with van der Waals surface area (Å²) in [5.41, 5.74) is 9.50. The van der Waals surface area contributed by atoms with Crippen molar-refractivity contribution in [2.75, 3.05) is 52.1 Å². The molecule has 3 fully saturated rings. The Labute approximate surface area is 417 Å². The lowest BCUT2D eigenvalue weighted by atomic mass is 9.99. The number of hydrogen-bond acceptors (Lipinski definition) is 27. The summed E-state index contributed by atoms with van der Waals surface area (Å²) in [7, 11) is -13.9. The molecule has 3 saturated heterocycles. The summed E-state index contributed by atoms with van der Waals surface area (Å²) >= 11 is 5.24. The molecule has 0 radical (unpaired) electrons. The molecule has 16 atom stereocenters. The Hall–Kier alpha value is -4.20. The number of nitrogen functional groups attached to an aromatic ring is 2. The number of H-pyrrole nitrogens is 2. The van der Waals surface area contributed by atoms with Crippen LogP contribution in [0.3, 0.4) is 0 Å². The number of rotatable bonds is 21. The number of imidazole rings is 2. The average molecular weight is 1150 g/mol. The van der Waals surface area contributed by atoms with Crippen LogP contribution in [-0.2, 0) is 83.0 Å². The molecule has 8 heterocycles. The van der Waals surface area contributed by atoms with E-state index < -0.39 is 140 Å². The summed E-state index contributed by atoms with van der Waals surface area (Å²) in [6, 6.07) is 0.959. The highest BCUT2D eigenvalue weighted by Gasteiger charge is 2.53. The second-order valence-electron chi connectivity index (χ2n) is 16.3. The van der Waals surface area contributed by atoms with E-state index in [1.807, 2.05) is 4.98 Å². The van der Waals surface area contributed by atoms with E-state index in [9.17, 15) is 63.0 Å². The fraction of sp³-hybridized carbons (Fsp3) is 0.576. The minimum Gasteiger partial charge on any atom is -0.387 e. The van der Waals surface area contributed by atoms with Gasteiger partial charge in [-0.15, -0.1) is 0 Å². The quantitative estimate of drug-likeness (QED) is 0.0247. The van der Waals surface area contributed by atoms with E-state index in [0.717, 1.165) is 30.3 Å². The third-order valence-corrected chi connectivity index (χ3v) is 17.3. The molecule has 408 valence electrons. The molecule has 41 heteroatoms. The molecule has 5 aromatic rings. The molecule has 0 bridgehead atoms. The first-order valence-electron chi connectivity index (χ1n) is 21.1. The molecule has 0 spiro atoms. The van der Waals surface area contributed by atoms with Crippen molar-refractivity contribution in [3.63, 3.8) is 0 Å². The zero-order valence-electron chi connectivity index (χ0n) is 38.1. The number of aliphatic hydroxyl groups is 3. The van der Waals surface area contributed by atoms with Crippen LogP contribution in [0.15, 0.2) is 45.6 Å². The van der Waals surface area contributed by atoms with Gasteiger partial charge in [0.05, 0.1) is 45.9 Å². The Morgan fingerprint density at radius 2 is 1.46 bits per heavy atom. The zero-order chi connectivity index (χ0) is 53.8. The molecule has 4 unspecified atom stereocenters. The van der Waals surface area contributed by atoms with Crippen LogP contribution in [0.4, 0.5) is 11.8 Å². The fourth-order valence-electron chi connectivity index (χ4n) is 8.27. The third kappa shape index (κ3) is 11.8. The molecule has 36 nitrogen and oxygen atoms in total. The number of methoxy groups -OCH3 is 2. The summed E-state index contributed by atoms with van der Waals surface area (Å²) in [6.45, 7) is -7.76. The number of aromatic amines is 2. The van der Waals surface area contributed by atoms with E-state index >= 15 is 0 Å². The first-order chi connectivity index (χ1) is 34.7. The van der Waals surface area contributed by atoms with Gasteiger partial charge in [-0.05, 0) is 11.8 Å². The fourth-order valence-corrected chi connectivity index (χ4v) is 13.2. The number of aliphatic hydroxyl groups excluding tert-OH is 3. The predicted octanol–water partition coefficient (Wildman–Crippen LogP) is -3.86. The van der Waals surface area contributed by atoms with Gasteiger partial charge in [0, 0.05) is 32.4 Å². The number of phosphoric ester groups is 2. The summed E-state index contributed by atoms with van der Waals surface area (Å²) in [5.74, 6) is -1.34. The molecule has 0 aliphatic carbocycles. The molecule has 74 heavy (non-hydrogen) atoms. The molecule has 0 amide bonds. The Bertz CT molecular complexity index is 3270. The third-order valence-electron chi connectivity index (χ3n) is 11.5. The van der Waals surface area contributed by atoms with Gasteiger partial charge in [0.25, 0.3) is 17.1 Å². The van der Waals surface area contributed by atoms with Crippen molar-refractivity contribution >= 4 is 76.1 Å². The van der Waals surface area contributed by atoms with Crippen molar-refractivity contribution in [3.05, 3.63) is 62.4 Å². The number of aromatic nitrogens is 10. The molecule has 0 saturated carbocycles. The summed E-state index contributed by atoms with van der Waals surface area (Å²) in [4.78, 5) is 100. The SMILES string of the molecule is COC[C@H]1[C@@H](O)[C@H]([n+]2cn(C)c3c(=O)[nH]c(N)nc32)O[C@@H]1COP(=O)(O)OP(=O)(O)OP(=O)(O)OC[C@H]1O[C@@H](n2cnc3c(N)ncnc32)[C@H](OC)[C@@H]1OP(O)(=S)OC[C@H]1O[C@@H](n2ccc(=O)[nH]c2=O)[C@H](O)[C@@H]1O. The van der Waals surface area contributed by atoms with Gasteiger partial charge in [-0.2, -0.15) is 8.62 Å². The number of nitrogens with one attached hydrogen (secondary N) is 2. The van der Waals surface area contributed by atoms with Gasteiger partial charge in [-0.1, -0.05) is 4.98 Å². The van der Waals surface area contributed by atoms with Crippen LogP contribution in [-0.4, -0.2) is 168 Å². The van der Waals surface area contributed by atoms with Crippen molar-refractivity contribution in [2.24, 2.45) is 13.0 Å². The van der Waals surface area contributed by atoms with Crippen molar-refractivity contribution in [2.45, 2.75) is 67.5 Å². The first kappa shape index (κ1) is 56.0. The minimum atomic E-state index is -6.14. The first-order valence-corrected chi connectivity index (χ1v) is 28.2. The van der Waals surface area contributed by atoms with E-state index in [2.05, 4.69) is 33.5 Å². The van der Waals surface area contributed by atoms with Gasteiger partial charge in [-0.3, -0.25) is 46.8 Å². The predicted molar refractivity (Wildman–Crippen MR) is 244 cm³/mol. The lowest BCUT2D eigenvalue weighted by Gasteiger charge is -2.28. The van der Waals surface area contributed by atoms with Gasteiger partial charge in [-0.25, -0.2) is 38.0 Å². The number of fused-ring (bicyclic) bond motifs is 2. The van der Waals surface area contributed by atoms with Crippen LogP contribution in [0.25, 0.3) is 22.3 Å². The van der Waals surface area contributed by atoms with Gasteiger partial charge in [0.15, 0.2) is 30.2 Å². The van der Waals surface area contributed by atoms with Gasteiger partial charge in [0.1, 0.15) is 54.6 Å². The highest BCUT2D eigenvalue weighted by molar-refractivity contribution is 8.07. The number of ether oxygens (including phenoxy) is 5. The smallest absolute Gasteiger partial charge is 0.387 e. The van der Waals surface area contributed by atoms with Gasteiger partial charge < -0.3 is 74.6 Å². The van der Waals surface area contributed by atoms with Gasteiger partial charge in [0.2, 0.25) is 11.7 Å². The number of hydrogen-bond donors (Lipinski definition) is 11. The highest BCUT2D eigenvalue weighted by atomic mass is 32.5. The molecule has 3 aliphatic rings. The largest absolute Gasteiger partial charge is 0.490 e. The van der Waals surface area contributed by atoms with Crippen molar-refractivity contribution in [1.29, 1.82) is 0 Å². The van der Waals surface area contributed by atoms with Crippen molar-refractivity contribution < 1.29 is 104 Å². The Morgan fingerprint density at radius 3 is 2.12 bits per heavy atom. The normalized spacial score (nSPS) is 30.6. The molecule has 3 aliphatic heterocycles. The number of phosphoric acid groups is 3. The van der Waals surface area contributed by atoms with E-state index in [1.165, 1.54) is 40.5 Å². The van der Waals surface area contributed by atoms with Crippen LogP contribution < -0.4 is 32.8 Å². The lowest BCUT2D eigenvalue weighted by molar-refractivity contribution is -0.745. The number of nitrogens with two attached hydrogens (primary N) is 2. The molecular weight excluding hydrogens is 1100 g/mol. The summed E-state index contributed by atoms with van der Waals surface area (Å²) in [6.07, 6.45) is -12.2. The summed E-state index contributed by atoms with van der Waals surface area (Å²) in [5, 5.41) is 32.6. The standard InChI is InChI=1S/C33H46N12O24P4S/c1-42-12-45(27-19(42)28(50)41-32(35)40-27)29-20(47)13(6-59-2)14(64-29)7-61-70(52,53)68-72(56,57)69-71(54,55)62-9-16-23(24(60-3)31(66-16)44-11-38-18-25(34)36-10-37-26(18)44)67-73(58,74)63-8-15-21(48)22(49)30(65-15)43-5-4-17(46)39-33(43)51/h4-5,10-16,20-24,29-31,47-49H,6-9H2,1-3H3,(H9-,34,35,36,37,39,40,41,46,50,51,52,53,54,55,56,57,58,74)/p+1/t13-,14-,15-,16-,20-,21-,22-,23-,24-,29-,30-,31-,73?/m1/s1. The Morgan fingerprint density at radius 1 is 0.797 bits per heavy atom. The highest BCUT2D eigenvalue weighted by Crippen LogP contribution is 2.68. The van der Waals surface area contributed by atoms with E-state index in [4.69, 9.17) is 65.1 Å². The van der Waals surface area contributed by atoms with E-state index in [1.54, 1.807) is 0 Å². The molecule has 8 rings (SSSR count). The Kier molecular flexibility index (Phi) is 16.4. The topological polar surface area (TPSA) is 499 Å². The monoisotopic (exact) mass is 1150 g/mol. The average Bonchev–Trinajstić information content (AvgIpc) is 4.10. The van der Waals surface area contributed by atoms with Crippen LogP contribution in [0.5, 0.6) is 0 Å². The maximum absolute atomic E-state index is 13.3. The number of anilines is 2. The van der Waals surface area contributed by atoms with Crippen LogP contribution in [0.1, 0.15) is 18.7 Å². The van der Waals surface area contributed by atoms with Crippen molar-refractivity contribution in [1.82, 2.24) is 43.6 Å². The van der Waals surface area contributed by atoms with E-state index in [-0.39, 0.29) is 40.7 Å². The van der Waals surface area contributed by atoms with Crippen LogP contribution in [0.2, 0.25) is 0 Å². The Balaban J connectivity index is 0.939.